The SMILES string of the molecule is CCC(C)(CN)N(C)S(N)(=O)=O. The molecule has 6 heteroatoms. The van der Waals surface area contributed by atoms with Gasteiger partial charge in [-0.3, -0.25) is 0 Å². The topological polar surface area (TPSA) is 89.4 Å². The van der Waals surface area contributed by atoms with Gasteiger partial charge in [-0.05, 0) is 13.3 Å². The molecule has 4 N–H and O–H groups in total. The maximum atomic E-state index is 10.9. The predicted octanol–water partition coefficient (Wildman–Crippen LogP) is -0.751. The van der Waals surface area contributed by atoms with E-state index in [-0.39, 0.29) is 6.54 Å². The lowest BCUT2D eigenvalue weighted by Crippen LogP contribution is -2.53. The molecule has 0 amide bonds. The summed E-state index contributed by atoms with van der Waals surface area (Å²) in [5, 5.41) is 4.96. The molecule has 0 saturated heterocycles. The number of nitrogens with two attached hydrogens (primary N) is 2. The van der Waals surface area contributed by atoms with E-state index in [0.717, 1.165) is 4.31 Å². The van der Waals surface area contributed by atoms with Gasteiger partial charge in [0.15, 0.2) is 0 Å². The Morgan fingerprint density at radius 3 is 2.00 bits per heavy atom. The Bertz CT molecular complexity index is 233. The molecule has 74 valence electrons. The molecule has 0 aliphatic rings. The first-order valence-corrected chi connectivity index (χ1v) is 5.25. The van der Waals surface area contributed by atoms with E-state index in [1.54, 1.807) is 6.92 Å². The summed E-state index contributed by atoms with van der Waals surface area (Å²) >= 11 is 0. The summed E-state index contributed by atoms with van der Waals surface area (Å²) in [4.78, 5) is 0. The third-order valence-electron chi connectivity index (χ3n) is 2.34. The van der Waals surface area contributed by atoms with Crippen molar-refractivity contribution in [3.8, 4) is 0 Å². The van der Waals surface area contributed by atoms with Crippen molar-refractivity contribution in [3.05, 3.63) is 0 Å². The van der Waals surface area contributed by atoms with Crippen LogP contribution in [0.4, 0.5) is 0 Å². The van der Waals surface area contributed by atoms with Crippen molar-refractivity contribution in [1.82, 2.24) is 4.31 Å². The summed E-state index contributed by atoms with van der Waals surface area (Å²) in [7, 11) is -2.20. The third kappa shape index (κ3) is 2.41. The van der Waals surface area contributed by atoms with Crippen LogP contribution in [0.2, 0.25) is 0 Å². The smallest absolute Gasteiger partial charge is 0.277 e. The first-order chi connectivity index (χ1) is 5.28. The van der Waals surface area contributed by atoms with E-state index in [4.69, 9.17) is 10.9 Å². The van der Waals surface area contributed by atoms with Crippen molar-refractivity contribution in [2.45, 2.75) is 25.8 Å². The van der Waals surface area contributed by atoms with Gasteiger partial charge in [0.25, 0.3) is 10.2 Å². The number of nitrogens with zero attached hydrogens (tertiary/aromatic N) is 1. The van der Waals surface area contributed by atoms with Gasteiger partial charge in [0, 0.05) is 19.1 Å². The molecule has 0 aromatic heterocycles. The summed E-state index contributed by atoms with van der Waals surface area (Å²) in [6, 6.07) is 0. The standard InChI is InChI=1S/C6H17N3O2S/c1-4-6(2,5-7)9(3)12(8,10)11/h4-5,7H2,1-3H3,(H2,8,10,11). The molecule has 0 aliphatic heterocycles. The van der Waals surface area contributed by atoms with Crippen LogP contribution in [0.25, 0.3) is 0 Å². The molecule has 0 saturated carbocycles. The number of likely N-dealkylation sites (N-methyl/N-ethyl adjacent to an activating group) is 1. The minimum absolute atomic E-state index is 0.260. The van der Waals surface area contributed by atoms with E-state index in [2.05, 4.69) is 0 Å². The van der Waals surface area contributed by atoms with Crippen LogP contribution in [0, 0.1) is 0 Å². The summed E-state index contributed by atoms with van der Waals surface area (Å²) < 4.78 is 23.0. The molecule has 0 radical (unpaired) electrons. The van der Waals surface area contributed by atoms with Crippen LogP contribution in [0.3, 0.4) is 0 Å². The second-order valence-electron chi connectivity index (χ2n) is 3.07. The van der Waals surface area contributed by atoms with E-state index in [1.807, 2.05) is 6.92 Å². The lowest BCUT2D eigenvalue weighted by Gasteiger charge is -2.34. The Kier molecular flexibility index (Phi) is 3.64. The van der Waals surface area contributed by atoms with Crippen molar-refractivity contribution in [1.29, 1.82) is 0 Å². The normalized spacial score (nSPS) is 17.8. The van der Waals surface area contributed by atoms with Gasteiger partial charge in [0.05, 0.1) is 0 Å². The van der Waals surface area contributed by atoms with Crippen LogP contribution in [0.5, 0.6) is 0 Å². The summed E-state index contributed by atoms with van der Waals surface area (Å²) in [5.74, 6) is 0. The molecule has 5 nitrogen and oxygen atoms in total. The van der Waals surface area contributed by atoms with Crippen LogP contribution in [0.1, 0.15) is 20.3 Å². The predicted molar refractivity (Wildman–Crippen MR) is 48.6 cm³/mol. The Morgan fingerprint density at radius 2 is 1.92 bits per heavy atom. The Balaban J connectivity index is 4.77. The molecule has 0 heterocycles. The highest BCUT2D eigenvalue weighted by Crippen LogP contribution is 2.17. The van der Waals surface area contributed by atoms with E-state index < -0.39 is 15.7 Å². The molecule has 1 atom stereocenters. The molecule has 0 spiro atoms. The molecule has 0 bridgehead atoms. The quantitative estimate of drug-likeness (QED) is 0.618. The molecule has 0 aliphatic carbocycles. The van der Waals surface area contributed by atoms with Crippen molar-refractivity contribution < 1.29 is 8.42 Å². The van der Waals surface area contributed by atoms with Crippen LogP contribution < -0.4 is 10.9 Å². The van der Waals surface area contributed by atoms with Gasteiger partial charge in [-0.25, -0.2) is 5.14 Å². The van der Waals surface area contributed by atoms with Gasteiger partial charge < -0.3 is 5.73 Å². The lowest BCUT2D eigenvalue weighted by molar-refractivity contribution is 0.240. The number of hydrogen-bond donors (Lipinski definition) is 2. The lowest BCUT2D eigenvalue weighted by atomic mass is 10.00. The fraction of sp³-hybridized carbons (Fsp3) is 1.00. The largest absolute Gasteiger partial charge is 0.329 e. The zero-order valence-corrected chi connectivity index (χ0v) is 8.56. The van der Waals surface area contributed by atoms with Crippen molar-refractivity contribution >= 4 is 10.2 Å². The highest BCUT2D eigenvalue weighted by atomic mass is 32.2. The minimum Gasteiger partial charge on any atom is -0.329 e. The van der Waals surface area contributed by atoms with Crippen molar-refractivity contribution in [2.24, 2.45) is 10.9 Å². The monoisotopic (exact) mass is 195 g/mol. The third-order valence-corrected chi connectivity index (χ3v) is 3.55. The zero-order valence-electron chi connectivity index (χ0n) is 7.74. The van der Waals surface area contributed by atoms with Crippen LogP contribution in [-0.4, -0.2) is 31.9 Å². The molecule has 0 fully saturated rings. The fourth-order valence-electron chi connectivity index (χ4n) is 0.803. The Hall–Kier alpha value is -0.170. The van der Waals surface area contributed by atoms with Gasteiger partial charge in [-0.2, -0.15) is 12.7 Å². The Morgan fingerprint density at radius 1 is 1.50 bits per heavy atom. The summed E-state index contributed by atoms with van der Waals surface area (Å²) in [6.07, 6.45) is 0.635. The second kappa shape index (κ2) is 3.69. The van der Waals surface area contributed by atoms with Crippen molar-refractivity contribution in [3.63, 3.8) is 0 Å². The number of rotatable bonds is 4. The maximum absolute atomic E-state index is 10.9. The highest BCUT2D eigenvalue weighted by Gasteiger charge is 2.32. The second-order valence-corrected chi connectivity index (χ2v) is 4.64. The molecular weight excluding hydrogens is 178 g/mol. The van der Waals surface area contributed by atoms with Gasteiger partial charge in [0.1, 0.15) is 0 Å². The highest BCUT2D eigenvalue weighted by molar-refractivity contribution is 7.86. The molecule has 0 aromatic rings. The number of hydrogen-bond acceptors (Lipinski definition) is 3. The van der Waals surface area contributed by atoms with Gasteiger partial charge in [-0.15, -0.1) is 0 Å². The summed E-state index contributed by atoms with van der Waals surface area (Å²) in [6.45, 7) is 3.89. The van der Waals surface area contributed by atoms with E-state index >= 15 is 0 Å². The average Bonchev–Trinajstić information content (AvgIpc) is 2.00. The van der Waals surface area contributed by atoms with Gasteiger partial charge in [0.2, 0.25) is 0 Å². The molecule has 1 unspecified atom stereocenters. The zero-order chi connectivity index (χ0) is 9.99. The van der Waals surface area contributed by atoms with E-state index in [9.17, 15) is 8.42 Å². The van der Waals surface area contributed by atoms with Gasteiger partial charge in [-0.1, -0.05) is 6.92 Å². The summed E-state index contributed by atoms with van der Waals surface area (Å²) in [5.41, 5.74) is 4.88. The molecule has 0 aromatic carbocycles. The minimum atomic E-state index is -3.63. The van der Waals surface area contributed by atoms with Crippen LogP contribution in [-0.2, 0) is 10.2 Å². The molecule has 12 heavy (non-hydrogen) atoms. The first-order valence-electron chi connectivity index (χ1n) is 3.74. The van der Waals surface area contributed by atoms with E-state index in [0.29, 0.717) is 6.42 Å². The van der Waals surface area contributed by atoms with E-state index in [1.165, 1.54) is 7.05 Å². The molecule has 0 rings (SSSR count). The maximum Gasteiger partial charge on any atom is 0.277 e. The van der Waals surface area contributed by atoms with Crippen LogP contribution in [0.15, 0.2) is 0 Å². The fourth-order valence-corrected chi connectivity index (χ4v) is 1.62. The average molecular weight is 195 g/mol. The first kappa shape index (κ1) is 11.8. The Labute approximate surface area is 73.9 Å². The van der Waals surface area contributed by atoms with Crippen LogP contribution >= 0.6 is 0 Å². The van der Waals surface area contributed by atoms with Crippen molar-refractivity contribution in [2.75, 3.05) is 13.6 Å². The molecular formula is C6H17N3O2S. The van der Waals surface area contributed by atoms with Gasteiger partial charge >= 0.3 is 0 Å².